The van der Waals surface area contributed by atoms with Crippen LogP contribution in [0.4, 0.5) is 8.78 Å². The van der Waals surface area contributed by atoms with Crippen LogP contribution in [0.2, 0.25) is 0 Å². The van der Waals surface area contributed by atoms with Crippen molar-refractivity contribution in [1.29, 1.82) is 0 Å². The van der Waals surface area contributed by atoms with Crippen LogP contribution < -0.4 is 0 Å². The van der Waals surface area contributed by atoms with Crippen LogP contribution in [0.5, 0.6) is 0 Å². The maximum absolute atomic E-state index is 12.4. The molecule has 1 heterocycles. The molecule has 1 radical (unpaired) electrons. The SMILES string of the molecule is FC1(F)CC2(CC[N-]C2)C1.[Re]. The van der Waals surface area contributed by atoms with Crippen molar-refractivity contribution in [3.63, 3.8) is 0 Å². The fraction of sp³-hybridized carbons (Fsp3) is 1.00. The van der Waals surface area contributed by atoms with Gasteiger partial charge >= 0.3 is 0 Å². The molecule has 11 heavy (non-hydrogen) atoms. The second-order valence-corrected chi connectivity index (χ2v) is 3.56. The number of nitrogens with zero attached hydrogens (tertiary/aromatic N) is 1. The van der Waals surface area contributed by atoms with Gasteiger partial charge in [0.25, 0.3) is 0 Å². The molecule has 1 saturated carbocycles. The van der Waals surface area contributed by atoms with Crippen molar-refractivity contribution in [1.82, 2.24) is 0 Å². The molecule has 1 aliphatic carbocycles. The topological polar surface area (TPSA) is 14.1 Å². The van der Waals surface area contributed by atoms with Crippen molar-refractivity contribution in [3.05, 3.63) is 5.32 Å². The van der Waals surface area contributed by atoms with E-state index < -0.39 is 5.92 Å². The molecular formula is C7H10F2NRe-. The van der Waals surface area contributed by atoms with E-state index >= 15 is 0 Å². The summed E-state index contributed by atoms with van der Waals surface area (Å²) in [5, 5.41) is 4.09. The summed E-state index contributed by atoms with van der Waals surface area (Å²) >= 11 is 0. The van der Waals surface area contributed by atoms with E-state index in [-0.39, 0.29) is 38.7 Å². The average Bonchev–Trinajstić information content (AvgIpc) is 2.10. The molecule has 0 amide bonds. The Morgan fingerprint density at radius 3 is 2.18 bits per heavy atom. The Balaban J connectivity index is 0.000000605. The summed E-state index contributed by atoms with van der Waals surface area (Å²) in [6.07, 6.45) is 1.07. The van der Waals surface area contributed by atoms with Gasteiger partial charge in [-0.2, -0.15) is 0 Å². The maximum atomic E-state index is 12.4. The normalized spacial score (nSPS) is 31.1. The van der Waals surface area contributed by atoms with Gasteiger partial charge in [0.15, 0.2) is 0 Å². The summed E-state index contributed by atoms with van der Waals surface area (Å²) in [5.74, 6) is -2.36. The van der Waals surface area contributed by atoms with E-state index in [1.54, 1.807) is 0 Å². The Morgan fingerprint density at radius 2 is 1.82 bits per heavy atom. The molecule has 2 aliphatic rings. The van der Waals surface area contributed by atoms with Gasteiger partial charge in [-0.1, -0.05) is 6.42 Å². The molecule has 0 N–H and O–H groups in total. The van der Waals surface area contributed by atoms with E-state index in [0.717, 1.165) is 13.0 Å². The Kier molecular flexibility index (Phi) is 2.40. The quantitative estimate of drug-likeness (QED) is 0.646. The summed E-state index contributed by atoms with van der Waals surface area (Å²) in [4.78, 5) is 0. The molecule has 2 fully saturated rings. The number of hydrogen-bond donors (Lipinski definition) is 0. The van der Waals surface area contributed by atoms with Crippen LogP contribution in [-0.4, -0.2) is 19.0 Å². The fourth-order valence-electron chi connectivity index (χ4n) is 2.05. The van der Waals surface area contributed by atoms with E-state index in [1.165, 1.54) is 0 Å². The van der Waals surface area contributed by atoms with Gasteiger partial charge in [-0.15, -0.1) is 13.1 Å². The predicted octanol–water partition coefficient (Wildman–Crippen LogP) is 2.18. The molecule has 0 aromatic rings. The fourth-order valence-corrected chi connectivity index (χ4v) is 2.05. The zero-order valence-corrected chi connectivity index (χ0v) is 8.83. The molecule has 4 heteroatoms. The third-order valence-corrected chi connectivity index (χ3v) is 2.51. The molecule has 1 aliphatic heterocycles. The minimum atomic E-state index is -2.36. The smallest absolute Gasteiger partial charge is 0.249 e. The minimum absolute atomic E-state index is 0. The van der Waals surface area contributed by atoms with Gasteiger partial charge in [-0.05, 0) is 5.41 Å². The summed E-state index contributed by atoms with van der Waals surface area (Å²) in [6.45, 7) is 1.48. The Labute approximate surface area is 78.6 Å². The molecule has 1 nitrogen and oxygen atoms in total. The molecule has 2 rings (SSSR count). The summed E-state index contributed by atoms with van der Waals surface area (Å²) in [6, 6.07) is 0. The van der Waals surface area contributed by atoms with Crippen LogP contribution in [0.3, 0.4) is 0 Å². The van der Waals surface area contributed by atoms with Crippen molar-refractivity contribution in [2.45, 2.75) is 25.2 Å². The van der Waals surface area contributed by atoms with Crippen LogP contribution in [0.1, 0.15) is 19.3 Å². The molecular weight excluding hydrogens is 322 g/mol. The zero-order valence-electron chi connectivity index (χ0n) is 6.12. The van der Waals surface area contributed by atoms with Crippen molar-refractivity contribution >= 4 is 0 Å². The van der Waals surface area contributed by atoms with Crippen molar-refractivity contribution in [2.24, 2.45) is 5.41 Å². The average molecular weight is 332 g/mol. The molecule has 0 bridgehead atoms. The first-order chi connectivity index (χ1) is 4.62. The molecule has 1 saturated heterocycles. The molecule has 0 atom stereocenters. The van der Waals surface area contributed by atoms with E-state index in [1.807, 2.05) is 0 Å². The van der Waals surface area contributed by atoms with Crippen molar-refractivity contribution in [3.8, 4) is 0 Å². The van der Waals surface area contributed by atoms with Gasteiger partial charge in [-0.25, -0.2) is 8.78 Å². The number of hydrogen-bond acceptors (Lipinski definition) is 0. The molecule has 65 valence electrons. The molecule has 0 unspecified atom stereocenters. The van der Waals surface area contributed by atoms with Crippen LogP contribution in [0, 0.1) is 5.41 Å². The summed E-state index contributed by atoms with van der Waals surface area (Å²) < 4.78 is 24.8. The van der Waals surface area contributed by atoms with Gasteiger partial charge in [0, 0.05) is 33.3 Å². The summed E-state index contributed by atoms with van der Waals surface area (Å²) in [5.41, 5.74) is -0.0660. The Hall–Kier alpha value is 0.482. The van der Waals surface area contributed by atoms with E-state index in [2.05, 4.69) is 5.32 Å². The standard InChI is InChI=1S/C7H10F2N.Re/c8-7(9)3-6(4-7)1-2-10-5-6;/h1-5H2;/q-1;. The second kappa shape index (κ2) is 2.76. The third-order valence-electron chi connectivity index (χ3n) is 2.51. The van der Waals surface area contributed by atoms with Crippen LogP contribution in [0.15, 0.2) is 0 Å². The van der Waals surface area contributed by atoms with E-state index in [4.69, 9.17) is 0 Å². The molecule has 1 spiro atoms. The van der Waals surface area contributed by atoms with E-state index in [0.29, 0.717) is 6.54 Å². The minimum Gasteiger partial charge on any atom is -0.662 e. The van der Waals surface area contributed by atoms with Gasteiger partial charge in [0.2, 0.25) is 5.92 Å². The van der Waals surface area contributed by atoms with E-state index in [9.17, 15) is 8.78 Å². The first-order valence-electron chi connectivity index (χ1n) is 3.63. The monoisotopic (exact) mass is 333 g/mol. The maximum Gasteiger partial charge on any atom is 0.249 e. The van der Waals surface area contributed by atoms with Crippen LogP contribution in [-0.2, 0) is 20.4 Å². The summed E-state index contributed by atoms with van der Waals surface area (Å²) in [7, 11) is 0. The first-order valence-corrected chi connectivity index (χ1v) is 3.63. The predicted molar refractivity (Wildman–Crippen MR) is 34.3 cm³/mol. The largest absolute Gasteiger partial charge is 0.662 e. The van der Waals surface area contributed by atoms with Gasteiger partial charge in [0.05, 0.1) is 0 Å². The Morgan fingerprint density at radius 1 is 1.18 bits per heavy atom. The van der Waals surface area contributed by atoms with Crippen molar-refractivity contribution in [2.75, 3.05) is 13.1 Å². The number of halogens is 2. The van der Waals surface area contributed by atoms with Crippen LogP contribution in [0.25, 0.3) is 5.32 Å². The Bertz CT molecular complexity index is 145. The third kappa shape index (κ3) is 1.63. The second-order valence-electron chi connectivity index (χ2n) is 3.56. The van der Waals surface area contributed by atoms with Gasteiger partial charge in [-0.3, -0.25) is 0 Å². The number of rotatable bonds is 0. The zero-order chi connectivity index (χ0) is 7.24. The number of alkyl halides is 2. The van der Waals surface area contributed by atoms with Gasteiger partial charge < -0.3 is 5.32 Å². The van der Waals surface area contributed by atoms with Gasteiger partial charge in [0.1, 0.15) is 0 Å². The van der Waals surface area contributed by atoms with Crippen molar-refractivity contribution < 1.29 is 29.2 Å². The molecule has 0 aromatic heterocycles. The van der Waals surface area contributed by atoms with Crippen LogP contribution >= 0.6 is 0 Å². The molecule has 0 aromatic carbocycles. The first kappa shape index (κ1) is 9.57.